The van der Waals surface area contributed by atoms with Crippen LogP contribution in [0.5, 0.6) is 0 Å². The Morgan fingerprint density at radius 3 is 2.40 bits per heavy atom. The lowest BCUT2D eigenvalue weighted by molar-refractivity contribution is -0.127. The number of anilines is 1. The molecule has 1 aromatic carbocycles. The van der Waals surface area contributed by atoms with Gasteiger partial charge in [-0.3, -0.25) is 9.59 Å². The highest BCUT2D eigenvalue weighted by Gasteiger charge is 2.35. The van der Waals surface area contributed by atoms with Crippen LogP contribution in [0.1, 0.15) is 62.5 Å². The van der Waals surface area contributed by atoms with E-state index in [-0.39, 0.29) is 17.7 Å². The minimum Gasteiger partial charge on any atom is -0.353 e. The van der Waals surface area contributed by atoms with Crippen molar-refractivity contribution in [2.45, 2.75) is 71.3 Å². The Hall–Kier alpha value is -1.84. The number of nitrogens with one attached hydrogen (secondary N) is 1. The van der Waals surface area contributed by atoms with E-state index in [9.17, 15) is 9.59 Å². The average molecular weight is 342 g/mol. The van der Waals surface area contributed by atoms with E-state index in [1.54, 1.807) is 4.90 Å². The number of hydrogen-bond donors (Lipinski definition) is 1. The minimum absolute atomic E-state index is 0.0565. The minimum atomic E-state index is -0.223. The Morgan fingerprint density at radius 1 is 1.04 bits per heavy atom. The SMILES string of the molecule is Cc1ccc(N2C[C@H](C(=O)NC3CCCCCCC3)CC2=O)cc1C. The first-order chi connectivity index (χ1) is 12.0. The lowest BCUT2D eigenvalue weighted by Crippen LogP contribution is -2.40. The summed E-state index contributed by atoms with van der Waals surface area (Å²) >= 11 is 0. The molecule has 1 saturated heterocycles. The van der Waals surface area contributed by atoms with Crippen molar-refractivity contribution in [3.8, 4) is 0 Å². The molecule has 0 unspecified atom stereocenters. The Balaban J connectivity index is 1.61. The van der Waals surface area contributed by atoms with Crippen LogP contribution >= 0.6 is 0 Å². The van der Waals surface area contributed by atoms with E-state index in [1.165, 1.54) is 43.2 Å². The van der Waals surface area contributed by atoms with Gasteiger partial charge in [-0.2, -0.15) is 0 Å². The average Bonchev–Trinajstić information content (AvgIpc) is 2.94. The quantitative estimate of drug-likeness (QED) is 0.906. The molecule has 2 aliphatic rings. The molecule has 1 aliphatic carbocycles. The third-order valence-corrected chi connectivity index (χ3v) is 5.75. The summed E-state index contributed by atoms with van der Waals surface area (Å²) in [6, 6.07) is 6.36. The highest BCUT2D eigenvalue weighted by atomic mass is 16.2. The van der Waals surface area contributed by atoms with Gasteiger partial charge in [0, 0.05) is 24.7 Å². The monoisotopic (exact) mass is 342 g/mol. The molecule has 1 atom stereocenters. The van der Waals surface area contributed by atoms with E-state index in [4.69, 9.17) is 0 Å². The van der Waals surface area contributed by atoms with Gasteiger partial charge < -0.3 is 10.2 Å². The molecule has 2 amide bonds. The lowest BCUT2D eigenvalue weighted by Gasteiger charge is -2.23. The van der Waals surface area contributed by atoms with Gasteiger partial charge in [-0.25, -0.2) is 0 Å². The Labute approximate surface area is 151 Å². The Kier molecular flexibility index (Phi) is 5.77. The van der Waals surface area contributed by atoms with Gasteiger partial charge in [0.1, 0.15) is 0 Å². The number of aryl methyl sites for hydroxylation is 2. The van der Waals surface area contributed by atoms with Crippen LogP contribution in [-0.2, 0) is 9.59 Å². The fraction of sp³-hybridized carbons (Fsp3) is 0.619. The van der Waals surface area contributed by atoms with Crippen LogP contribution in [0.15, 0.2) is 18.2 Å². The molecular formula is C21H30N2O2. The number of amides is 2. The lowest BCUT2D eigenvalue weighted by atomic mass is 9.96. The van der Waals surface area contributed by atoms with E-state index in [1.807, 2.05) is 18.2 Å². The van der Waals surface area contributed by atoms with Crippen LogP contribution in [0.2, 0.25) is 0 Å². The molecule has 1 N–H and O–H groups in total. The van der Waals surface area contributed by atoms with Crippen molar-refractivity contribution in [1.29, 1.82) is 0 Å². The number of hydrogen-bond acceptors (Lipinski definition) is 2. The first kappa shape index (κ1) is 18.0. The number of carbonyl (C=O) groups is 2. The van der Waals surface area contributed by atoms with Crippen molar-refractivity contribution >= 4 is 17.5 Å². The third-order valence-electron chi connectivity index (χ3n) is 5.75. The summed E-state index contributed by atoms with van der Waals surface area (Å²) in [5.74, 6) is -0.106. The van der Waals surface area contributed by atoms with E-state index < -0.39 is 0 Å². The van der Waals surface area contributed by atoms with Crippen LogP contribution in [-0.4, -0.2) is 24.4 Å². The molecule has 2 fully saturated rings. The number of nitrogens with zero attached hydrogens (tertiary/aromatic N) is 1. The highest BCUT2D eigenvalue weighted by molar-refractivity contribution is 6.00. The summed E-state index contributed by atoms with van der Waals surface area (Å²) in [4.78, 5) is 26.9. The van der Waals surface area contributed by atoms with E-state index >= 15 is 0 Å². The summed E-state index contributed by atoms with van der Waals surface area (Å²) in [6.45, 7) is 4.62. The summed E-state index contributed by atoms with van der Waals surface area (Å²) < 4.78 is 0. The summed E-state index contributed by atoms with van der Waals surface area (Å²) in [7, 11) is 0. The van der Waals surface area contributed by atoms with Crippen LogP contribution in [0.4, 0.5) is 5.69 Å². The number of benzene rings is 1. The van der Waals surface area contributed by atoms with E-state index in [2.05, 4.69) is 19.2 Å². The van der Waals surface area contributed by atoms with Gasteiger partial charge in [-0.1, -0.05) is 38.2 Å². The molecule has 0 radical (unpaired) electrons. The predicted molar refractivity (Wildman–Crippen MR) is 101 cm³/mol. The first-order valence-electron chi connectivity index (χ1n) is 9.72. The molecule has 0 aromatic heterocycles. The van der Waals surface area contributed by atoms with Crippen molar-refractivity contribution in [2.75, 3.05) is 11.4 Å². The molecule has 1 saturated carbocycles. The van der Waals surface area contributed by atoms with E-state index in [0.717, 1.165) is 18.5 Å². The van der Waals surface area contributed by atoms with Gasteiger partial charge in [0.15, 0.2) is 0 Å². The Morgan fingerprint density at radius 2 is 1.72 bits per heavy atom. The fourth-order valence-corrected chi connectivity index (χ4v) is 3.95. The van der Waals surface area contributed by atoms with Gasteiger partial charge in [-0.15, -0.1) is 0 Å². The standard InChI is InChI=1S/C21H30N2O2/c1-15-10-11-19(12-16(15)2)23-14-17(13-20(23)24)21(25)22-18-8-6-4-3-5-7-9-18/h10-12,17-18H,3-9,13-14H2,1-2H3,(H,22,25)/t17-/m1/s1. The maximum Gasteiger partial charge on any atom is 0.227 e. The second kappa shape index (κ2) is 8.03. The topological polar surface area (TPSA) is 49.4 Å². The molecule has 1 heterocycles. The zero-order valence-corrected chi connectivity index (χ0v) is 15.5. The van der Waals surface area contributed by atoms with Gasteiger partial charge in [-0.05, 0) is 49.9 Å². The second-order valence-electron chi connectivity index (χ2n) is 7.72. The molecule has 136 valence electrons. The maximum atomic E-state index is 12.7. The van der Waals surface area contributed by atoms with Crippen LogP contribution in [0, 0.1) is 19.8 Å². The first-order valence-corrected chi connectivity index (χ1v) is 9.72. The molecule has 4 heteroatoms. The molecule has 1 aromatic rings. The summed E-state index contributed by atoms with van der Waals surface area (Å²) in [5, 5.41) is 3.22. The summed E-state index contributed by atoms with van der Waals surface area (Å²) in [6.07, 6.45) is 8.74. The van der Waals surface area contributed by atoms with Crippen molar-refractivity contribution in [3.63, 3.8) is 0 Å². The zero-order chi connectivity index (χ0) is 17.8. The molecule has 0 bridgehead atoms. The molecule has 25 heavy (non-hydrogen) atoms. The largest absolute Gasteiger partial charge is 0.353 e. The van der Waals surface area contributed by atoms with Crippen LogP contribution in [0.25, 0.3) is 0 Å². The second-order valence-corrected chi connectivity index (χ2v) is 7.72. The normalized spacial score (nSPS) is 22.6. The number of carbonyl (C=O) groups excluding carboxylic acids is 2. The molecule has 1 aliphatic heterocycles. The van der Waals surface area contributed by atoms with Crippen molar-refractivity contribution in [1.82, 2.24) is 5.32 Å². The van der Waals surface area contributed by atoms with E-state index in [0.29, 0.717) is 19.0 Å². The maximum absolute atomic E-state index is 12.7. The highest BCUT2D eigenvalue weighted by Crippen LogP contribution is 2.27. The zero-order valence-electron chi connectivity index (χ0n) is 15.5. The molecular weight excluding hydrogens is 312 g/mol. The molecule has 0 spiro atoms. The Bertz CT molecular complexity index is 633. The molecule has 4 nitrogen and oxygen atoms in total. The smallest absolute Gasteiger partial charge is 0.227 e. The number of rotatable bonds is 3. The van der Waals surface area contributed by atoms with Crippen molar-refractivity contribution in [2.24, 2.45) is 5.92 Å². The fourth-order valence-electron chi connectivity index (χ4n) is 3.95. The molecule has 3 rings (SSSR count). The van der Waals surface area contributed by atoms with Gasteiger partial charge in [0.05, 0.1) is 5.92 Å². The predicted octanol–water partition coefficient (Wildman–Crippen LogP) is 3.89. The van der Waals surface area contributed by atoms with Gasteiger partial charge >= 0.3 is 0 Å². The van der Waals surface area contributed by atoms with Crippen molar-refractivity contribution in [3.05, 3.63) is 29.3 Å². The van der Waals surface area contributed by atoms with Gasteiger partial charge in [0.2, 0.25) is 11.8 Å². The summed E-state index contributed by atoms with van der Waals surface area (Å²) in [5.41, 5.74) is 3.30. The van der Waals surface area contributed by atoms with Crippen molar-refractivity contribution < 1.29 is 9.59 Å². The third kappa shape index (κ3) is 4.42. The van der Waals surface area contributed by atoms with Crippen LogP contribution < -0.4 is 10.2 Å². The van der Waals surface area contributed by atoms with Crippen LogP contribution in [0.3, 0.4) is 0 Å². The van der Waals surface area contributed by atoms with Gasteiger partial charge in [0.25, 0.3) is 0 Å².